The van der Waals surface area contributed by atoms with E-state index in [1.165, 1.54) is 45.4 Å². The predicted octanol–water partition coefficient (Wildman–Crippen LogP) is 7.83. The summed E-state index contributed by atoms with van der Waals surface area (Å²) in [4.78, 5) is 24.0. The number of carbonyl (C=O) groups excluding carboxylic acids is 2. The molecule has 4 heteroatoms. The van der Waals surface area contributed by atoms with Gasteiger partial charge < -0.3 is 9.47 Å². The van der Waals surface area contributed by atoms with Crippen LogP contribution >= 0.6 is 0 Å². The molecule has 206 valence electrons. The number of rotatable bonds is 7. The van der Waals surface area contributed by atoms with E-state index >= 15 is 0 Å². The number of carbonyl (C=O) groups is 2. The van der Waals surface area contributed by atoms with Gasteiger partial charge in [-0.2, -0.15) is 0 Å². The summed E-state index contributed by atoms with van der Waals surface area (Å²) < 4.78 is 11.9. The Morgan fingerprint density at radius 3 is 2.19 bits per heavy atom. The third-order valence-corrected chi connectivity index (χ3v) is 12.1. The van der Waals surface area contributed by atoms with Crippen molar-refractivity contribution >= 4 is 11.9 Å². The fourth-order valence-corrected chi connectivity index (χ4v) is 10.0. The maximum atomic E-state index is 12.4. The van der Waals surface area contributed by atoms with Crippen LogP contribution in [0.4, 0.5) is 0 Å². The Balaban J connectivity index is 1.57. The summed E-state index contributed by atoms with van der Waals surface area (Å²) >= 11 is 0. The van der Waals surface area contributed by atoms with E-state index in [0.717, 1.165) is 55.3 Å². The molecule has 4 rings (SSSR count). The van der Waals surface area contributed by atoms with Crippen molar-refractivity contribution in [3.05, 3.63) is 0 Å². The summed E-state index contributed by atoms with van der Waals surface area (Å²) in [7, 11) is 0. The molecule has 0 saturated heterocycles. The van der Waals surface area contributed by atoms with Crippen molar-refractivity contribution in [2.75, 3.05) is 0 Å². The molecule has 0 unspecified atom stereocenters. The second kappa shape index (κ2) is 10.6. The minimum atomic E-state index is -0.155. The first-order valence-electron chi connectivity index (χ1n) is 15.2. The van der Waals surface area contributed by atoms with Gasteiger partial charge in [0.15, 0.2) is 0 Å². The van der Waals surface area contributed by atoms with E-state index in [1.807, 2.05) is 0 Å². The molecule has 0 aromatic rings. The molecule has 4 nitrogen and oxygen atoms in total. The van der Waals surface area contributed by atoms with Crippen molar-refractivity contribution < 1.29 is 19.1 Å². The average Bonchev–Trinajstić information content (AvgIpc) is 3.13. The van der Waals surface area contributed by atoms with E-state index in [0.29, 0.717) is 17.8 Å². The highest BCUT2D eigenvalue weighted by atomic mass is 16.5. The molecule has 4 saturated carbocycles. The first kappa shape index (κ1) is 28.0. The minimum absolute atomic E-state index is 0.0224. The number of fused-ring (bicyclic) bond motifs is 5. The molecule has 0 radical (unpaired) electrons. The predicted molar refractivity (Wildman–Crippen MR) is 144 cm³/mol. The SMILES string of the molecule is CC(=O)O[C@@H]1CC[C@@]2(C)[C@@H](CC[C@H]3[C@H]2[C@H](OC(C)=O)C[C@]2(C)[C@@H]3CC[C@H]2[C@H](C)CC[C@H](C)C(C)C)C1. The van der Waals surface area contributed by atoms with Crippen LogP contribution in [0.5, 0.6) is 0 Å². The number of ether oxygens (including phenoxy) is 2. The summed E-state index contributed by atoms with van der Waals surface area (Å²) in [6.07, 6.45) is 11.9. The van der Waals surface area contributed by atoms with Crippen LogP contribution in [-0.2, 0) is 19.1 Å². The molecule has 4 aliphatic carbocycles. The van der Waals surface area contributed by atoms with Crippen LogP contribution < -0.4 is 0 Å². The summed E-state index contributed by atoms with van der Waals surface area (Å²) in [6.45, 7) is 17.8. The van der Waals surface area contributed by atoms with Gasteiger partial charge in [-0.25, -0.2) is 0 Å². The van der Waals surface area contributed by atoms with Crippen molar-refractivity contribution in [2.45, 2.75) is 132 Å². The number of esters is 2. The Morgan fingerprint density at radius 1 is 0.861 bits per heavy atom. The number of hydrogen-bond acceptors (Lipinski definition) is 4. The molecule has 36 heavy (non-hydrogen) atoms. The van der Waals surface area contributed by atoms with Crippen molar-refractivity contribution in [1.29, 1.82) is 0 Å². The van der Waals surface area contributed by atoms with Gasteiger partial charge in [0.05, 0.1) is 0 Å². The molecule has 4 aliphatic rings. The smallest absolute Gasteiger partial charge is 0.302 e. The lowest BCUT2D eigenvalue weighted by Crippen LogP contribution is -2.60. The minimum Gasteiger partial charge on any atom is -0.463 e. The van der Waals surface area contributed by atoms with Gasteiger partial charge in [-0.1, -0.05) is 54.4 Å². The fourth-order valence-electron chi connectivity index (χ4n) is 10.0. The Kier molecular flexibility index (Phi) is 8.23. The molecular formula is C32H54O4. The zero-order valence-corrected chi connectivity index (χ0v) is 24.5. The van der Waals surface area contributed by atoms with E-state index in [-0.39, 0.29) is 35.0 Å². The zero-order chi connectivity index (χ0) is 26.4. The highest BCUT2D eigenvalue weighted by Gasteiger charge is 2.64. The standard InChI is InChI=1S/C32H54O4/c1-19(2)20(3)9-10-21(4)27-13-14-28-26-12-11-24-17-25(35-22(5)33)15-16-31(24,7)30(26)29(36-23(6)34)18-32(27,28)8/h19-21,24-30H,9-18H2,1-8H3/t20-,21+,24-,25+,26+,27-,28+,29+,30-,31-,32-/m0/s1. The second-order valence-corrected chi connectivity index (χ2v) is 14.4. The molecule has 0 amide bonds. The van der Waals surface area contributed by atoms with Crippen LogP contribution in [0.2, 0.25) is 0 Å². The maximum absolute atomic E-state index is 12.4. The van der Waals surface area contributed by atoms with Gasteiger partial charge >= 0.3 is 11.9 Å². The first-order chi connectivity index (χ1) is 16.9. The second-order valence-electron chi connectivity index (χ2n) is 14.4. The van der Waals surface area contributed by atoms with Crippen molar-refractivity contribution in [3.63, 3.8) is 0 Å². The van der Waals surface area contributed by atoms with Gasteiger partial charge in [-0.05, 0) is 104 Å². The Morgan fingerprint density at radius 2 is 1.56 bits per heavy atom. The fraction of sp³-hybridized carbons (Fsp3) is 0.938. The van der Waals surface area contributed by atoms with E-state index in [1.54, 1.807) is 6.92 Å². The highest BCUT2D eigenvalue weighted by Crippen LogP contribution is 2.69. The molecule has 0 heterocycles. The van der Waals surface area contributed by atoms with Crippen LogP contribution in [0.3, 0.4) is 0 Å². The molecule has 11 atom stereocenters. The monoisotopic (exact) mass is 502 g/mol. The molecule has 4 fully saturated rings. The molecular weight excluding hydrogens is 448 g/mol. The number of hydrogen-bond donors (Lipinski definition) is 0. The van der Waals surface area contributed by atoms with Crippen LogP contribution in [0, 0.1) is 58.2 Å². The quantitative estimate of drug-likeness (QED) is 0.333. The molecule has 0 N–H and O–H groups in total. The lowest BCUT2D eigenvalue weighted by Gasteiger charge is -2.63. The molecule has 0 aromatic carbocycles. The molecule has 0 aliphatic heterocycles. The Hall–Kier alpha value is -1.06. The third-order valence-electron chi connectivity index (χ3n) is 12.1. The van der Waals surface area contributed by atoms with E-state index < -0.39 is 0 Å². The van der Waals surface area contributed by atoms with Crippen LogP contribution in [0.15, 0.2) is 0 Å². The van der Waals surface area contributed by atoms with E-state index in [4.69, 9.17) is 9.47 Å². The first-order valence-corrected chi connectivity index (χ1v) is 15.2. The van der Waals surface area contributed by atoms with Gasteiger partial charge in [-0.15, -0.1) is 0 Å². The van der Waals surface area contributed by atoms with Crippen molar-refractivity contribution in [2.24, 2.45) is 58.2 Å². The van der Waals surface area contributed by atoms with Crippen LogP contribution in [-0.4, -0.2) is 24.1 Å². The van der Waals surface area contributed by atoms with Gasteiger partial charge in [0.25, 0.3) is 0 Å². The zero-order valence-electron chi connectivity index (χ0n) is 24.5. The van der Waals surface area contributed by atoms with E-state index in [2.05, 4.69) is 41.5 Å². The van der Waals surface area contributed by atoms with Gasteiger partial charge in [0.1, 0.15) is 12.2 Å². The molecule has 0 bridgehead atoms. The summed E-state index contributed by atoms with van der Waals surface area (Å²) in [5, 5.41) is 0. The third kappa shape index (κ3) is 5.13. The van der Waals surface area contributed by atoms with Gasteiger partial charge in [0.2, 0.25) is 0 Å². The normalized spacial score (nSPS) is 43.6. The van der Waals surface area contributed by atoms with Gasteiger partial charge in [-0.3, -0.25) is 9.59 Å². The molecule has 0 aromatic heterocycles. The van der Waals surface area contributed by atoms with Gasteiger partial charge in [0, 0.05) is 19.8 Å². The Bertz CT molecular complexity index is 806. The maximum Gasteiger partial charge on any atom is 0.302 e. The largest absolute Gasteiger partial charge is 0.463 e. The van der Waals surface area contributed by atoms with Crippen LogP contribution in [0.1, 0.15) is 120 Å². The average molecular weight is 503 g/mol. The lowest BCUT2D eigenvalue weighted by molar-refractivity contribution is -0.201. The van der Waals surface area contributed by atoms with E-state index in [9.17, 15) is 9.59 Å². The topological polar surface area (TPSA) is 52.6 Å². The summed E-state index contributed by atoms with van der Waals surface area (Å²) in [6, 6.07) is 0. The highest BCUT2D eigenvalue weighted by molar-refractivity contribution is 5.66. The summed E-state index contributed by atoms with van der Waals surface area (Å²) in [5.74, 6) is 5.08. The van der Waals surface area contributed by atoms with Crippen molar-refractivity contribution in [3.8, 4) is 0 Å². The lowest BCUT2D eigenvalue weighted by atomic mass is 9.43. The molecule has 0 spiro atoms. The Labute approximate surface area is 221 Å². The summed E-state index contributed by atoms with van der Waals surface area (Å²) in [5.41, 5.74) is 0.428. The van der Waals surface area contributed by atoms with Crippen molar-refractivity contribution in [1.82, 2.24) is 0 Å². The van der Waals surface area contributed by atoms with Crippen LogP contribution in [0.25, 0.3) is 0 Å².